The smallest absolute Gasteiger partial charge is 0.336 e. The zero-order chi connectivity index (χ0) is 16.6. The first-order valence-electron chi connectivity index (χ1n) is 7.05. The molecular formula is C19H13BrO3. The van der Waals surface area contributed by atoms with E-state index in [2.05, 4.69) is 15.9 Å². The van der Waals surface area contributed by atoms with Crippen LogP contribution in [-0.2, 0) is 0 Å². The van der Waals surface area contributed by atoms with Crippen LogP contribution in [0.15, 0.2) is 59.1 Å². The van der Waals surface area contributed by atoms with Gasteiger partial charge in [-0.2, -0.15) is 0 Å². The molecule has 0 fully saturated rings. The zero-order valence-corrected chi connectivity index (χ0v) is 13.9. The predicted molar refractivity (Wildman–Crippen MR) is 92.3 cm³/mol. The van der Waals surface area contributed by atoms with Gasteiger partial charge in [0.05, 0.1) is 5.56 Å². The van der Waals surface area contributed by atoms with E-state index in [1.54, 1.807) is 49.4 Å². The van der Waals surface area contributed by atoms with E-state index in [0.717, 1.165) is 4.47 Å². The van der Waals surface area contributed by atoms with Crippen molar-refractivity contribution in [1.82, 2.24) is 0 Å². The highest BCUT2D eigenvalue weighted by molar-refractivity contribution is 9.10. The lowest BCUT2D eigenvalue weighted by Gasteiger charge is -2.04. The summed E-state index contributed by atoms with van der Waals surface area (Å²) in [5, 5.41) is 9.53. The van der Waals surface area contributed by atoms with Crippen LogP contribution in [0.2, 0.25) is 0 Å². The number of carboxylic acids is 1. The third kappa shape index (κ3) is 2.66. The molecule has 0 aromatic heterocycles. The van der Waals surface area contributed by atoms with Gasteiger partial charge in [-0.1, -0.05) is 46.3 Å². The van der Waals surface area contributed by atoms with Crippen LogP contribution < -0.4 is 0 Å². The second kappa shape index (κ2) is 5.97. The van der Waals surface area contributed by atoms with Crippen LogP contribution in [0.5, 0.6) is 0 Å². The summed E-state index contributed by atoms with van der Waals surface area (Å²) >= 11 is 3.35. The minimum Gasteiger partial charge on any atom is -0.478 e. The lowest BCUT2D eigenvalue weighted by atomic mass is 9.99. The Morgan fingerprint density at radius 3 is 2.00 bits per heavy atom. The van der Waals surface area contributed by atoms with Gasteiger partial charge in [0, 0.05) is 15.6 Å². The van der Waals surface area contributed by atoms with Gasteiger partial charge in [-0.15, -0.1) is 0 Å². The van der Waals surface area contributed by atoms with Crippen molar-refractivity contribution in [3.8, 4) is 11.1 Å². The molecule has 0 radical (unpaired) electrons. The second-order valence-electron chi connectivity index (χ2n) is 5.25. The number of hydrogen-bond donors (Lipinski definition) is 1. The fourth-order valence-corrected chi connectivity index (χ4v) is 3.09. The molecule has 1 aromatic carbocycles. The molecule has 3 nitrogen and oxygen atoms in total. The number of fused-ring (bicyclic) bond motifs is 1. The highest BCUT2D eigenvalue weighted by Crippen LogP contribution is 2.37. The Bertz CT molecular complexity index is 882. The van der Waals surface area contributed by atoms with Crippen LogP contribution in [0.4, 0.5) is 0 Å². The molecule has 0 unspecified atom stereocenters. The summed E-state index contributed by atoms with van der Waals surface area (Å²) in [7, 11) is 0. The van der Waals surface area contributed by atoms with Gasteiger partial charge in [0.2, 0.25) is 0 Å². The minimum absolute atomic E-state index is 0.168. The van der Waals surface area contributed by atoms with E-state index in [1.807, 2.05) is 12.1 Å². The van der Waals surface area contributed by atoms with Crippen molar-refractivity contribution >= 4 is 27.7 Å². The maximum atomic E-state index is 12.9. The summed E-state index contributed by atoms with van der Waals surface area (Å²) in [6, 6.07) is 16.0. The van der Waals surface area contributed by atoms with E-state index in [0.29, 0.717) is 27.8 Å². The topological polar surface area (TPSA) is 54.4 Å². The molecule has 114 valence electrons. The number of carbonyl (C=O) groups excluding carboxylic acids is 1. The normalized spacial score (nSPS) is 10.7. The molecule has 0 saturated carbocycles. The molecule has 0 heterocycles. The van der Waals surface area contributed by atoms with Gasteiger partial charge >= 0.3 is 5.97 Å². The molecule has 1 aromatic rings. The Morgan fingerprint density at radius 2 is 1.43 bits per heavy atom. The van der Waals surface area contributed by atoms with Crippen LogP contribution in [0, 0.1) is 6.92 Å². The summed E-state index contributed by atoms with van der Waals surface area (Å²) in [5.74, 6) is -1.19. The lowest BCUT2D eigenvalue weighted by molar-refractivity contribution is 0.0697. The zero-order valence-electron chi connectivity index (χ0n) is 12.3. The molecule has 0 saturated heterocycles. The van der Waals surface area contributed by atoms with Crippen molar-refractivity contribution in [3.63, 3.8) is 0 Å². The minimum atomic E-state index is -1.02. The summed E-state index contributed by atoms with van der Waals surface area (Å²) in [4.78, 5) is 24.6. The van der Waals surface area contributed by atoms with Crippen molar-refractivity contribution < 1.29 is 14.7 Å². The van der Waals surface area contributed by atoms with Crippen molar-refractivity contribution in [3.05, 3.63) is 81.3 Å². The van der Waals surface area contributed by atoms with Gasteiger partial charge < -0.3 is 5.11 Å². The molecule has 0 atom stereocenters. The first-order valence-corrected chi connectivity index (χ1v) is 7.85. The summed E-state index contributed by atoms with van der Waals surface area (Å²) < 4.78 is 0.885. The largest absolute Gasteiger partial charge is 0.478 e. The molecule has 23 heavy (non-hydrogen) atoms. The third-order valence-electron chi connectivity index (χ3n) is 3.87. The van der Waals surface area contributed by atoms with Crippen molar-refractivity contribution in [2.75, 3.05) is 0 Å². The van der Waals surface area contributed by atoms with Gasteiger partial charge in [0.1, 0.15) is 0 Å². The van der Waals surface area contributed by atoms with Crippen LogP contribution in [-0.4, -0.2) is 16.9 Å². The van der Waals surface area contributed by atoms with Crippen LogP contribution in [0.25, 0.3) is 11.1 Å². The molecule has 4 heteroatoms. The van der Waals surface area contributed by atoms with E-state index in [4.69, 9.17) is 0 Å². The van der Waals surface area contributed by atoms with Crippen LogP contribution in [0.3, 0.4) is 0 Å². The Hall–Kier alpha value is -2.46. The van der Waals surface area contributed by atoms with E-state index >= 15 is 0 Å². The van der Waals surface area contributed by atoms with Crippen molar-refractivity contribution in [2.45, 2.75) is 6.92 Å². The fourth-order valence-electron chi connectivity index (χ4n) is 2.83. The predicted octanol–water partition coefficient (Wildman–Crippen LogP) is 4.79. The number of benzene rings is 1. The molecule has 0 spiro atoms. The highest BCUT2D eigenvalue weighted by Gasteiger charge is 2.28. The summed E-state index contributed by atoms with van der Waals surface area (Å²) in [5.41, 5.74) is 2.93. The average molecular weight is 369 g/mol. The Kier molecular flexibility index (Phi) is 4.01. The maximum Gasteiger partial charge on any atom is 0.336 e. The fraction of sp³-hybridized carbons (Fsp3) is 0.0526. The Balaban J connectivity index is 2.26. The standard InChI is InChI=1S/C19H13BrO3/c1-11-16(18(21)12-7-9-13(20)10-8-12)14-5-3-2-4-6-15(14)17(11)19(22)23/h2-10H,1H3,(H,22,23). The molecular weight excluding hydrogens is 356 g/mol. The Morgan fingerprint density at radius 1 is 0.870 bits per heavy atom. The van der Waals surface area contributed by atoms with Crippen LogP contribution >= 0.6 is 15.9 Å². The second-order valence-corrected chi connectivity index (χ2v) is 6.17. The number of aromatic carboxylic acids is 1. The van der Waals surface area contributed by atoms with Gasteiger partial charge in [-0.05, 0) is 47.9 Å². The molecule has 2 aliphatic carbocycles. The first-order chi connectivity index (χ1) is 11.0. The third-order valence-corrected chi connectivity index (χ3v) is 4.40. The van der Waals surface area contributed by atoms with E-state index in [9.17, 15) is 14.7 Å². The van der Waals surface area contributed by atoms with E-state index in [-0.39, 0.29) is 11.3 Å². The van der Waals surface area contributed by atoms with Crippen LogP contribution in [0.1, 0.15) is 31.8 Å². The van der Waals surface area contributed by atoms with Gasteiger partial charge in [-0.25, -0.2) is 4.79 Å². The Labute approximate surface area is 142 Å². The molecule has 0 bridgehead atoms. The van der Waals surface area contributed by atoms with Gasteiger partial charge in [0.25, 0.3) is 0 Å². The number of rotatable bonds is 3. The number of ketones is 1. The SMILES string of the molecule is Cc1c(C(=O)O)c2cccccc-2c1C(=O)c1ccc(Br)cc1. The van der Waals surface area contributed by atoms with Crippen molar-refractivity contribution in [1.29, 1.82) is 0 Å². The quantitative estimate of drug-likeness (QED) is 0.676. The molecule has 2 aliphatic rings. The molecule has 0 amide bonds. The first kappa shape index (κ1) is 15.4. The lowest BCUT2D eigenvalue weighted by Crippen LogP contribution is -2.04. The van der Waals surface area contributed by atoms with E-state index < -0.39 is 5.97 Å². The molecule has 1 N–H and O–H groups in total. The number of hydrogen-bond acceptors (Lipinski definition) is 2. The number of carbonyl (C=O) groups is 2. The van der Waals surface area contributed by atoms with Gasteiger partial charge in [0.15, 0.2) is 5.78 Å². The molecule has 3 rings (SSSR count). The van der Waals surface area contributed by atoms with Crippen molar-refractivity contribution in [2.24, 2.45) is 0 Å². The number of halogens is 1. The molecule has 0 aliphatic heterocycles. The average Bonchev–Trinajstić information content (AvgIpc) is 2.65. The monoisotopic (exact) mass is 368 g/mol. The number of carboxylic acid groups (broad SMARTS) is 1. The summed E-state index contributed by atoms with van der Waals surface area (Å²) in [6.45, 7) is 1.69. The summed E-state index contributed by atoms with van der Waals surface area (Å²) in [6.07, 6.45) is 0. The highest BCUT2D eigenvalue weighted by atomic mass is 79.9. The van der Waals surface area contributed by atoms with E-state index in [1.165, 1.54) is 0 Å². The van der Waals surface area contributed by atoms with Gasteiger partial charge in [-0.3, -0.25) is 4.79 Å². The maximum absolute atomic E-state index is 12.9.